The number of nitrogens with one attached hydrogen (secondary N) is 2. The molecule has 2 aromatic rings. The molecule has 0 saturated carbocycles. The third kappa shape index (κ3) is 5.48. The molecule has 0 amide bonds. The third-order valence-corrected chi connectivity index (χ3v) is 5.52. The van der Waals surface area contributed by atoms with Crippen LogP contribution >= 0.6 is 11.3 Å². The van der Waals surface area contributed by atoms with E-state index in [1.54, 1.807) is 13.3 Å². The topological polar surface area (TPSA) is 65.7 Å². The number of rotatable bonds is 7. The Morgan fingerprint density at radius 1 is 1.36 bits per heavy atom. The lowest BCUT2D eigenvalue weighted by Crippen LogP contribution is -2.43. The number of furan rings is 1. The summed E-state index contributed by atoms with van der Waals surface area (Å²) in [5, 5.41) is 7.92. The van der Waals surface area contributed by atoms with Crippen molar-refractivity contribution in [2.75, 3.05) is 33.2 Å². The monoisotopic (exact) mass is 415 g/mol. The highest BCUT2D eigenvalue weighted by Gasteiger charge is 2.33. The SMILES string of the molecule is CN=C(NCCc1nc(C(F)(F)F)cs1)NCC(c1ccco1)N1CCCC1. The van der Waals surface area contributed by atoms with E-state index in [-0.39, 0.29) is 6.04 Å². The zero-order chi connectivity index (χ0) is 20.0. The summed E-state index contributed by atoms with van der Waals surface area (Å²) in [5.74, 6) is 1.51. The fraction of sp³-hybridized carbons (Fsp3) is 0.556. The van der Waals surface area contributed by atoms with Gasteiger partial charge in [-0.25, -0.2) is 4.98 Å². The smallest absolute Gasteiger partial charge is 0.434 e. The number of hydrogen-bond donors (Lipinski definition) is 2. The molecule has 1 aliphatic heterocycles. The number of aromatic nitrogens is 1. The number of halogens is 3. The lowest BCUT2D eigenvalue weighted by molar-refractivity contribution is -0.140. The van der Waals surface area contributed by atoms with Crippen molar-refractivity contribution in [3.05, 3.63) is 40.2 Å². The first-order valence-corrected chi connectivity index (χ1v) is 10.1. The molecule has 154 valence electrons. The van der Waals surface area contributed by atoms with Crippen molar-refractivity contribution in [2.45, 2.75) is 31.5 Å². The van der Waals surface area contributed by atoms with Gasteiger partial charge in [0.25, 0.3) is 0 Å². The van der Waals surface area contributed by atoms with Gasteiger partial charge < -0.3 is 15.1 Å². The fourth-order valence-corrected chi connectivity index (χ4v) is 4.01. The van der Waals surface area contributed by atoms with Crippen LogP contribution in [-0.4, -0.2) is 49.1 Å². The molecule has 1 aliphatic rings. The highest BCUT2D eigenvalue weighted by atomic mass is 32.1. The molecule has 28 heavy (non-hydrogen) atoms. The first kappa shape index (κ1) is 20.7. The van der Waals surface area contributed by atoms with Gasteiger partial charge in [0, 0.05) is 31.9 Å². The van der Waals surface area contributed by atoms with Gasteiger partial charge in [0.05, 0.1) is 17.3 Å². The van der Waals surface area contributed by atoms with Crippen molar-refractivity contribution in [2.24, 2.45) is 4.99 Å². The maximum Gasteiger partial charge on any atom is 0.434 e. The van der Waals surface area contributed by atoms with Crippen LogP contribution in [0.5, 0.6) is 0 Å². The number of aliphatic imine (C=N–C) groups is 1. The Kier molecular flexibility index (Phi) is 6.95. The second-order valence-electron chi connectivity index (χ2n) is 6.53. The predicted octanol–water partition coefficient (Wildman–Crippen LogP) is 3.30. The summed E-state index contributed by atoms with van der Waals surface area (Å²) in [7, 11) is 1.66. The predicted molar refractivity (Wildman–Crippen MR) is 102 cm³/mol. The van der Waals surface area contributed by atoms with E-state index in [1.165, 1.54) is 12.8 Å². The van der Waals surface area contributed by atoms with Crippen LogP contribution in [0.25, 0.3) is 0 Å². The lowest BCUT2D eigenvalue weighted by atomic mass is 10.2. The average Bonchev–Trinajstić information content (AvgIpc) is 3.41. The first-order chi connectivity index (χ1) is 13.5. The van der Waals surface area contributed by atoms with Gasteiger partial charge in [-0.05, 0) is 38.1 Å². The molecule has 0 aliphatic carbocycles. The highest BCUT2D eigenvalue weighted by molar-refractivity contribution is 7.09. The first-order valence-electron chi connectivity index (χ1n) is 9.21. The zero-order valence-electron chi connectivity index (χ0n) is 15.6. The molecule has 10 heteroatoms. The van der Waals surface area contributed by atoms with Gasteiger partial charge in [0.1, 0.15) is 5.76 Å². The van der Waals surface area contributed by atoms with E-state index in [2.05, 4.69) is 25.5 Å². The van der Waals surface area contributed by atoms with Gasteiger partial charge in [0.15, 0.2) is 11.7 Å². The Morgan fingerprint density at radius 3 is 2.75 bits per heavy atom. The molecule has 1 saturated heterocycles. The van der Waals surface area contributed by atoms with Gasteiger partial charge in [-0.15, -0.1) is 11.3 Å². The van der Waals surface area contributed by atoms with Crippen LogP contribution in [0.4, 0.5) is 13.2 Å². The van der Waals surface area contributed by atoms with Gasteiger partial charge >= 0.3 is 6.18 Å². The van der Waals surface area contributed by atoms with E-state index in [0.29, 0.717) is 30.5 Å². The summed E-state index contributed by atoms with van der Waals surface area (Å²) in [6, 6.07) is 3.97. The fourth-order valence-electron chi connectivity index (χ4n) is 3.20. The van der Waals surface area contributed by atoms with Crippen LogP contribution in [0.15, 0.2) is 33.2 Å². The standard InChI is InChI=1S/C18H24F3N5OS/c1-22-17(23-7-6-16-25-15(12-28-16)18(19,20)21)24-11-13(14-5-4-10-27-14)26-8-2-3-9-26/h4-5,10,12-13H,2-3,6-9,11H2,1H3,(H2,22,23,24). The summed E-state index contributed by atoms with van der Waals surface area (Å²) >= 11 is 1.02. The quantitative estimate of drug-likeness (QED) is 0.537. The summed E-state index contributed by atoms with van der Waals surface area (Å²) in [4.78, 5) is 10.2. The number of alkyl halides is 3. The normalized spacial score (nSPS) is 17.1. The molecule has 1 fully saturated rings. The molecule has 1 atom stereocenters. The van der Waals surface area contributed by atoms with Crippen LogP contribution in [0.2, 0.25) is 0 Å². The average molecular weight is 415 g/mol. The Labute approximate surface area is 165 Å². The summed E-state index contributed by atoms with van der Waals surface area (Å²) in [6.45, 7) is 3.14. The largest absolute Gasteiger partial charge is 0.468 e. The maximum atomic E-state index is 12.6. The summed E-state index contributed by atoms with van der Waals surface area (Å²) < 4.78 is 43.4. The molecule has 0 bridgehead atoms. The van der Waals surface area contributed by atoms with E-state index in [1.807, 2.05) is 12.1 Å². The van der Waals surface area contributed by atoms with Crippen molar-refractivity contribution in [1.82, 2.24) is 20.5 Å². The van der Waals surface area contributed by atoms with Gasteiger partial charge in [-0.2, -0.15) is 13.2 Å². The molecule has 3 heterocycles. The number of likely N-dealkylation sites (tertiary alicyclic amines) is 1. The Hall–Kier alpha value is -2.07. The molecule has 2 aromatic heterocycles. The minimum absolute atomic E-state index is 0.115. The molecule has 1 unspecified atom stereocenters. The molecule has 2 N–H and O–H groups in total. The second kappa shape index (κ2) is 9.42. The molecule has 0 aromatic carbocycles. The van der Waals surface area contributed by atoms with Crippen molar-refractivity contribution < 1.29 is 17.6 Å². The molecule has 3 rings (SSSR count). The van der Waals surface area contributed by atoms with Gasteiger partial charge in [-0.1, -0.05) is 0 Å². The Morgan fingerprint density at radius 2 is 2.14 bits per heavy atom. The molecule has 6 nitrogen and oxygen atoms in total. The minimum atomic E-state index is -4.39. The van der Waals surface area contributed by atoms with E-state index in [4.69, 9.17) is 4.42 Å². The summed E-state index contributed by atoms with van der Waals surface area (Å²) in [5.41, 5.74) is -0.832. The minimum Gasteiger partial charge on any atom is -0.468 e. The van der Waals surface area contributed by atoms with Crippen LogP contribution in [0.1, 0.15) is 35.3 Å². The van der Waals surface area contributed by atoms with E-state index in [0.717, 1.165) is 35.6 Å². The lowest BCUT2D eigenvalue weighted by Gasteiger charge is -2.26. The zero-order valence-corrected chi connectivity index (χ0v) is 16.4. The Balaban J connectivity index is 1.49. The Bertz CT molecular complexity index is 754. The third-order valence-electron chi connectivity index (χ3n) is 4.61. The maximum absolute atomic E-state index is 12.6. The van der Waals surface area contributed by atoms with Crippen molar-refractivity contribution in [1.29, 1.82) is 0 Å². The van der Waals surface area contributed by atoms with Gasteiger partial charge in [-0.3, -0.25) is 9.89 Å². The van der Waals surface area contributed by atoms with Crippen molar-refractivity contribution >= 4 is 17.3 Å². The van der Waals surface area contributed by atoms with Crippen molar-refractivity contribution in [3.8, 4) is 0 Å². The van der Waals surface area contributed by atoms with Crippen LogP contribution in [0.3, 0.4) is 0 Å². The number of nitrogens with zero attached hydrogens (tertiary/aromatic N) is 3. The second-order valence-corrected chi connectivity index (χ2v) is 7.47. The molecular formula is C18H24F3N5OS. The number of hydrogen-bond acceptors (Lipinski definition) is 5. The highest BCUT2D eigenvalue weighted by Crippen LogP contribution is 2.30. The molecular weight excluding hydrogens is 391 g/mol. The summed E-state index contributed by atoms with van der Waals surface area (Å²) in [6.07, 6.45) is 0.0376. The van der Waals surface area contributed by atoms with Crippen LogP contribution < -0.4 is 10.6 Å². The number of thiazole rings is 1. The van der Waals surface area contributed by atoms with E-state index in [9.17, 15) is 13.2 Å². The van der Waals surface area contributed by atoms with E-state index >= 15 is 0 Å². The van der Waals surface area contributed by atoms with Gasteiger partial charge in [0.2, 0.25) is 0 Å². The van der Waals surface area contributed by atoms with Crippen LogP contribution in [-0.2, 0) is 12.6 Å². The molecule has 0 radical (unpaired) electrons. The van der Waals surface area contributed by atoms with E-state index < -0.39 is 11.9 Å². The van der Waals surface area contributed by atoms with Crippen LogP contribution in [0, 0.1) is 0 Å². The van der Waals surface area contributed by atoms with Crippen molar-refractivity contribution in [3.63, 3.8) is 0 Å². The number of guanidine groups is 1. The molecule has 0 spiro atoms.